The SMILES string of the molecule is CCOC(=O)CCc1cccc(NC(=O)c2ccccc2NC(=O)c2ccc(-c3ccco3)cc2)c1. The largest absolute Gasteiger partial charge is 0.466 e. The number of anilines is 2. The molecule has 0 aliphatic heterocycles. The fourth-order valence-corrected chi connectivity index (χ4v) is 3.70. The molecule has 0 bridgehead atoms. The van der Waals surface area contributed by atoms with Crippen molar-refractivity contribution in [3.8, 4) is 11.3 Å². The summed E-state index contributed by atoms with van der Waals surface area (Å²) in [4.78, 5) is 37.5. The van der Waals surface area contributed by atoms with Gasteiger partial charge in [-0.3, -0.25) is 14.4 Å². The number of rotatable bonds is 9. The van der Waals surface area contributed by atoms with Crippen LogP contribution in [0, 0.1) is 0 Å². The Morgan fingerprint density at radius 3 is 2.39 bits per heavy atom. The maximum Gasteiger partial charge on any atom is 0.306 e. The van der Waals surface area contributed by atoms with E-state index in [4.69, 9.17) is 9.15 Å². The van der Waals surface area contributed by atoms with E-state index in [9.17, 15) is 14.4 Å². The van der Waals surface area contributed by atoms with Crippen LogP contribution in [0.25, 0.3) is 11.3 Å². The molecule has 0 atom stereocenters. The summed E-state index contributed by atoms with van der Waals surface area (Å²) in [7, 11) is 0. The summed E-state index contributed by atoms with van der Waals surface area (Å²) < 4.78 is 10.4. The van der Waals surface area contributed by atoms with Crippen LogP contribution in [0.5, 0.6) is 0 Å². The van der Waals surface area contributed by atoms with E-state index < -0.39 is 0 Å². The molecule has 0 fully saturated rings. The number of para-hydroxylation sites is 1. The number of aryl methyl sites for hydroxylation is 1. The molecule has 0 aliphatic carbocycles. The van der Waals surface area contributed by atoms with Gasteiger partial charge in [-0.1, -0.05) is 36.4 Å². The quantitative estimate of drug-likeness (QED) is 0.288. The molecule has 7 heteroatoms. The van der Waals surface area contributed by atoms with Crippen LogP contribution in [0.15, 0.2) is 95.6 Å². The molecule has 2 amide bonds. The Morgan fingerprint density at radius 2 is 1.64 bits per heavy atom. The van der Waals surface area contributed by atoms with Crippen LogP contribution in [0.2, 0.25) is 0 Å². The number of nitrogens with one attached hydrogen (secondary N) is 2. The highest BCUT2D eigenvalue weighted by Gasteiger charge is 2.15. The van der Waals surface area contributed by atoms with Gasteiger partial charge in [0.25, 0.3) is 11.8 Å². The second kappa shape index (κ2) is 11.7. The predicted molar refractivity (Wildman–Crippen MR) is 138 cm³/mol. The van der Waals surface area contributed by atoms with Crippen LogP contribution >= 0.6 is 0 Å². The average molecular weight is 483 g/mol. The number of amides is 2. The smallest absolute Gasteiger partial charge is 0.306 e. The van der Waals surface area contributed by atoms with Gasteiger partial charge in [0.15, 0.2) is 0 Å². The molecular formula is C29H26N2O5. The van der Waals surface area contributed by atoms with E-state index in [2.05, 4.69) is 10.6 Å². The lowest BCUT2D eigenvalue weighted by molar-refractivity contribution is -0.143. The van der Waals surface area contributed by atoms with Crippen molar-refractivity contribution in [2.24, 2.45) is 0 Å². The zero-order valence-electron chi connectivity index (χ0n) is 19.8. The third kappa shape index (κ3) is 6.27. The fourth-order valence-electron chi connectivity index (χ4n) is 3.70. The monoisotopic (exact) mass is 482 g/mol. The van der Waals surface area contributed by atoms with Crippen LogP contribution in [-0.2, 0) is 16.0 Å². The van der Waals surface area contributed by atoms with Crippen molar-refractivity contribution >= 4 is 29.2 Å². The molecule has 7 nitrogen and oxygen atoms in total. The van der Waals surface area contributed by atoms with E-state index in [0.29, 0.717) is 41.3 Å². The number of esters is 1. The van der Waals surface area contributed by atoms with Gasteiger partial charge in [-0.25, -0.2) is 0 Å². The summed E-state index contributed by atoms with van der Waals surface area (Å²) >= 11 is 0. The summed E-state index contributed by atoms with van der Waals surface area (Å²) in [5, 5.41) is 5.70. The molecule has 4 aromatic rings. The zero-order chi connectivity index (χ0) is 25.3. The number of furan rings is 1. The van der Waals surface area contributed by atoms with Crippen molar-refractivity contribution < 1.29 is 23.5 Å². The molecule has 1 aromatic heterocycles. The first kappa shape index (κ1) is 24.5. The molecule has 182 valence electrons. The van der Waals surface area contributed by atoms with Gasteiger partial charge < -0.3 is 19.8 Å². The van der Waals surface area contributed by atoms with Crippen LogP contribution in [0.3, 0.4) is 0 Å². The molecule has 0 saturated heterocycles. The van der Waals surface area contributed by atoms with Gasteiger partial charge in [-0.2, -0.15) is 0 Å². The van der Waals surface area contributed by atoms with Gasteiger partial charge in [0.05, 0.1) is 24.1 Å². The lowest BCUT2D eigenvalue weighted by Gasteiger charge is -2.12. The minimum absolute atomic E-state index is 0.257. The highest BCUT2D eigenvalue weighted by atomic mass is 16.5. The first-order valence-corrected chi connectivity index (χ1v) is 11.6. The molecular weight excluding hydrogens is 456 g/mol. The molecule has 0 radical (unpaired) electrons. The average Bonchev–Trinajstić information content (AvgIpc) is 3.43. The molecule has 4 rings (SSSR count). The highest BCUT2D eigenvalue weighted by molar-refractivity contribution is 6.12. The van der Waals surface area contributed by atoms with Gasteiger partial charge >= 0.3 is 5.97 Å². The van der Waals surface area contributed by atoms with E-state index in [0.717, 1.165) is 11.1 Å². The number of carbonyl (C=O) groups excluding carboxylic acids is 3. The Bertz CT molecular complexity index is 1340. The molecule has 0 saturated carbocycles. The lowest BCUT2D eigenvalue weighted by Crippen LogP contribution is -2.18. The van der Waals surface area contributed by atoms with Crippen LogP contribution in [0.1, 0.15) is 39.6 Å². The number of hydrogen-bond donors (Lipinski definition) is 2. The maximum atomic E-state index is 13.0. The molecule has 1 heterocycles. The minimum atomic E-state index is -0.360. The Balaban J connectivity index is 1.43. The van der Waals surface area contributed by atoms with Gasteiger partial charge in [0.2, 0.25) is 0 Å². The second-order valence-corrected chi connectivity index (χ2v) is 8.01. The number of benzene rings is 3. The predicted octanol–water partition coefficient (Wildman–Crippen LogP) is 5.95. The molecule has 0 aliphatic rings. The van der Waals surface area contributed by atoms with Crippen LogP contribution < -0.4 is 10.6 Å². The maximum absolute atomic E-state index is 13.0. The van der Waals surface area contributed by atoms with Crippen LogP contribution in [-0.4, -0.2) is 24.4 Å². The molecule has 0 spiro atoms. The number of hydrogen-bond acceptors (Lipinski definition) is 5. The molecule has 36 heavy (non-hydrogen) atoms. The van der Waals surface area contributed by atoms with E-state index in [1.807, 2.05) is 24.3 Å². The summed E-state index contributed by atoms with van der Waals surface area (Å²) in [6.45, 7) is 2.12. The van der Waals surface area contributed by atoms with E-state index in [1.165, 1.54) is 0 Å². The minimum Gasteiger partial charge on any atom is -0.466 e. The van der Waals surface area contributed by atoms with Crippen molar-refractivity contribution in [2.45, 2.75) is 19.8 Å². The third-order valence-corrected chi connectivity index (χ3v) is 5.48. The van der Waals surface area contributed by atoms with Gasteiger partial charge in [0, 0.05) is 23.2 Å². The standard InChI is InChI=1S/C29H26N2O5/c1-2-35-27(32)17-12-20-7-5-8-23(19-20)30-29(34)24-9-3-4-10-25(24)31-28(33)22-15-13-21(14-16-22)26-11-6-18-36-26/h3-11,13-16,18-19H,2,12,17H2,1H3,(H,30,34)(H,31,33). The van der Waals surface area contributed by atoms with Gasteiger partial charge in [-0.05, 0) is 67.4 Å². The first-order valence-electron chi connectivity index (χ1n) is 11.6. The fraction of sp³-hybridized carbons (Fsp3) is 0.138. The lowest BCUT2D eigenvalue weighted by atomic mass is 10.1. The summed E-state index contributed by atoms with van der Waals surface area (Å²) in [6, 6.07) is 24.8. The Hall–Kier alpha value is -4.65. The molecule has 0 unspecified atom stereocenters. The summed E-state index contributed by atoms with van der Waals surface area (Å²) in [5.74, 6) is -0.232. The first-order chi connectivity index (χ1) is 17.5. The van der Waals surface area contributed by atoms with Crippen molar-refractivity contribution in [3.63, 3.8) is 0 Å². The Labute approximate surface area is 209 Å². The Kier molecular flexibility index (Phi) is 7.93. The summed E-state index contributed by atoms with van der Waals surface area (Å²) in [6.07, 6.45) is 2.37. The molecule has 3 aromatic carbocycles. The van der Waals surface area contributed by atoms with Gasteiger partial charge in [0.1, 0.15) is 5.76 Å². The highest BCUT2D eigenvalue weighted by Crippen LogP contribution is 2.22. The normalized spacial score (nSPS) is 10.5. The number of carbonyl (C=O) groups is 3. The van der Waals surface area contributed by atoms with E-state index >= 15 is 0 Å². The van der Waals surface area contributed by atoms with Crippen molar-refractivity contribution in [3.05, 3.63) is 108 Å². The second-order valence-electron chi connectivity index (χ2n) is 8.01. The van der Waals surface area contributed by atoms with Gasteiger partial charge in [-0.15, -0.1) is 0 Å². The summed E-state index contributed by atoms with van der Waals surface area (Å²) in [5.41, 5.74) is 3.54. The number of ether oxygens (including phenoxy) is 1. The Morgan fingerprint density at radius 1 is 0.833 bits per heavy atom. The zero-order valence-corrected chi connectivity index (χ0v) is 19.8. The van der Waals surface area contributed by atoms with E-state index in [-0.39, 0.29) is 24.2 Å². The van der Waals surface area contributed by atoms with Crippen molar-refractivity contribution in [1.82, 2.24) is 0 Å². The van der Waals surface area contributed by atoms with Crippen LogP contribution in [0.4, 0.5) is 11.4 Å². The molecule has 2 N–H and O–H groups in total. The van der Waals surface area contributed by atoms with Crippen molar-refractivity contribution in [1.29, 1.82) is 0 Å². The topological polar surface area (TPSA) is 97.6 Å². The van der Waals surface area contributed by atoms with E-state index in [1.54, 1.807) is 73.9 Å². The third-order valence-electron chi connectivity index (χ3n) is 5.48. The van der Waals surface area contributed by atoms with Crippen molar-refractivity contribution in [2.75, 3.05) is 17.2 Å².